The van der Waals surface area contributed by atoms with Crippen LogP contribution in [0.25, 0.3) is 0 Å². The van der Waals surface area contributed by atoms with Gasteiger partial charge in [0, 0.05) is 19.0 Å². The number of rotatable bonds is 6. The molecule has 1 saturated carbocycles. The van der Waals surface area contributed by atoms with Gasteiger partial charge in [0.1, 0.15) is 0 Å². The van der Waals surface area contributed by atoms with E-state index < -0.39 is 0 Å². The molecule has 0 spiro atoms. The number of carbonyl (C=O) groups is 1. The molecule has 3 heteroatoms. The van der Waals surface area contributed by atoms with Crippen LogP contribution in [0.4, 0.5) is 0 Å². The largest absolute Gasteiger partial charge is 0.355 e. The van der Waals surface area contributed by atoms with E-state index in [2.05, 4.69) is 10.6 Å². The minimum atomic E-state index is 0.0971. The van der Waals surface area contributed by atoms with Gasteiger partial charge in [0.05, 0.1) is 0 Å². The SMILES string of the molecule is CC(C)C(=O)NCCNCC1CCCC1. The van der Waals surface area contributed by atoms with Crippen LogP contribution in [0.5, 0.6) is 0 Å². The van der Waals surface area contributed by atoms with Crippen LogP contribution >= 0.6 is 0 Å². The maximum Gasteiger partial charge on any atom is 0.222 e. The summed E-state index contributed by atoms with van der Waals surface area (Å²) in [6, 6.07) is 0. The van der Waals surface area contributed by atoms with Gasteiger partial charge in [-0.2, -0.15) is 0 Å². The molecule has 1 fully saturated rings. The molecule has 88 valence electrons. The molecule has 0 heterocycles. The summed E-state index contributed by atoms with van der Waals surface area (Å²) >= 11 is 0. The molecule has 1 rings (SSSR count). The number of nitrogens with one attached hydrogen (secondary N) is 2. The van der Waals surface area contributed by atoms with Crippen LogP contribution in [0, 0.1) is 11.8 Å². The van der Waals surface area contributed by atoms with E-state index in [0.29, 0.717) is 0 Å². The number of carbonyl (C=O) groups excluding carboxylic acids is 1. The fraction of sp³-hybridized carbons (Fsp3) is 0.917. The average Bonchev–Trinajstić information content (AvgIpc) is 2.69. The van der Waals surface area contributed by atoms with Crippen LogP contribution in [0.2, 0.25) is 0 Å². The molecule has 0 saturated heterocycles. The van der Waals surface area contributed by atoms with Gasteiger partial charge in [0.15, 0.2) is 0 Å². The molecule has 0 radical (unpaired) electrons. The van der Waals surface area contributed by atoms with E-state index in [1.165, 1.54) is 25.7 Å². The zero-order chi connectivity index (χ0) is 11.1. The smallest absolute Gasteiger partial charge is 0.222 e. The molecule has 3 nitrogen and oxygen atoms in total. The highest BCUT2D eigenvalue weighted by Crippen LogP contribution is 2.23. The Morgan fingerprint density at radius 2 is 1.93 bits per heavy atom. The van der Waals surface area contributed by atoms with E-state index in [1.807, 2.05) is 13.8 Å². The highest BCUT2D eigenvalue weighted by Gasteiger charge is 2.13. The lowest BCUT2D eigenvalue weighted by Gasteiger charge is -2.11. The molecule has 15 heavy (non-hydrogen) atoms. The van der Waals surface area contributed by atoms with Crippen molar-refractivity contribution >= 4 is 5.91 Å². The van der Waals surface area contributed by atoms with E-state index >= 15 is 0 Å². The molecule has 1 aliphatic carbocycles. The summed E-state index contributed by atoms with van der Waals surface area (Å²) in [6.07, 6.45) is 5.56. The first-order valence-electron chi connectivity index (χ1n) is 6.18. The topological polar surface area (TPSA) is 41.1 Å². The van der Waals surface area contributed by atoms with Crippen molar-refractivity contribution in [1.29, 1.82) is 0 Å². The van der Waals surface area contributed by atoms with Crippen LogP contribution in [0.3, 0.4) is 0 Å². The molecule has 1 amide bonds. The molecule has 0 unspecified atom stereocenters. The van der Waals surface area contributed by atoms with E-state index in [4.69, 9.17) is 0 Å². The lowest BCUT2D eigenvalue weighted by atomic mass is 10.1. The second kappa shape index (κ2) is 6.83. The van der Waals surface area contributed by atoms with Gasteiger partial charge in [0.2, 0.25) is 5.91 Å². The number of amides is 1. The third kappa shape index (κ3) is 5.17. The van der Waals surface area contributed by atoms with Gasteiger partial charge in [-0.15, -0.1) is 0 Å². The van der Waals surface area contributed by atoms with Crippen molar-refractivity contribution in [2.24, 2.45) is 11.8 Å². The maximum atomic E-state index is 11.2. The standard InChI is InChI=1S/C12H24N2O/c1-10(2)12(15)14-8-7-13-9-11-5-3-4-6-11/h10-11,13H,3-9H2,1-2H3,(H,14,15). The summed E-state index contributed by atoms with van der Waals surface area (Å²) in [5.74, 6) is 1.13. The Hall–Kier alpha value is -0.570. The maximum absolute atomic E-state index is 11.2. The van der Waals surface area contributed by atoms with Crippen molar-refractivity contribution in [1.82, 2.24) is 10.6 Å². The van der Waals surface area contributed by atoms with Gasteiger partial charge < -0.3 is 10.6 Å². The van der Waals surface area contributed by atoms with Crippen LogP contribution in [0.15, 0.2) is 0 Å². The Balaban J connectivity index is 1.90. The first-order chi connectivity index (χ1) is 7.20. The molecular formula is C12H24N2O. The Morgan fingerprint density at radius 1 is 1.27 bits per heavy atom. The van der Waals surface area contributed by atoms with Crippen molar-refractivity contribution in [2.75, 3.05) is 19.6 Å². The molecule has 1 aliphatic rings. The Morgan fingerprint density at radius 3 is 2.53 bits per heavy atom. The van der Waals surface area contributed by atoms with Crippen LogP contribution < -0.4 is 10.6 Å². The number of hydrogen-bond donors (Lipinski definition) is 2. The highest BCUT2D eigenvalue weighted by atomic mass is 16.1. The molecule has 0 bridgehead atoms. The third-order valence-corrected chi connectivity index (χ3v) is 3.03. The summed E-state index contributed by atoms with van der Waals surface area (Å²) in [5, 5.41) is 6.31. The molecular weight excluding hydrogens is 188 g/mol. The van der Waals surface area contributed by atoms with Gasteiger partial charge in [-0.25, -0.2) is 0 Å². The van der Waals surface area contributed by atoms with E-state index in [9.17, 15) is 4.79 Å². The van der Waals surface area contributed by atoms with E-state index in [0.717, 1.165) is 25.6 Å². The number of hydrogen-bond acceptors (Lipinski definition) is 2. The lowest BCUT2D eigenvalue weighted by molar-refractivity contribution is -0.123. The van der Waals surface area contributed by atoms with Crippen molar-refractivity contribution in [3.63, 3.8) is 0 Å². The van der Waals surface area contributed by atoms with Crippen LogP contribution in [-0.2, 0) is 4.79 Å². The predicted molar refractivity (Wildman–Crippen MR) is 62.7 cm³/mol. The highest BCUT2D eigenvalue weighted by molar-refractivity contribution is 5.77. The Kier molecular flexibility index (Phi) is 5.69. The fourth-order valence-corrected chi connectivity index (χ4v) is 2.00. The quantitative estimate of drug-likeness (QED) is 0.656. The van der Waals surface area contributed by atoms with Gasteiger partial charge in [-0.1, -0.05) is 26.7 Å². The summed E-state index contributed by atoms with van der Waals surface area (Å²) in [4.78, 5) is 11.2. The van der Waals surface area contributed by atoms with Crippen LogP contribution in [0.1, 0.15) is 39.5 Å². The molecule has 0 atom stereocenters. The average molecular weight is 212 g/mol. The van der Waals surface area contributed by atoms with E-state index in [1.54, 1.807) is 0 Å². The minimum absolute atomic E-state index is 0.0971. The summed E-state index contributed by atoms with van der Waals surface area (Å²) < 4.78 is 0. The molecule has 0 aromatic carbocycles. The Bertz CT molecular complexity index is 186. The lowest BCUT2D eigenvalue weighted by Crippen LogP contribution is -2.35. The first-order valence-corrected chi connectivity index (χ1v) is 6.18. The van der Waals surface area contributed by atoms with Gasteiger partial charge in [-0.3, -0.25) is 4.79 Å². The normalized spacial score (nSPS) is 17.3. The molecule has 0 aliphatic heterocycles. The monoisotopic (exact) mass is 212 g/mol. The third-order valence-electron chi connectivity index (χ3n) is 3.03. The van der Waals surface area contributed by atoms with Crippen molar-refractivity contribution in [2.45, 2.75) is 39.5 Å². The van der Waals surface area contributed by atoms with Crippen molar-refractivity contribution in [3.05, 3.63) is 0 Å². The predicted octanol–water partition coefficient (Wildman–Crippen LogP) is 1.54. The summed E-state index contributed by atoms with van der Waals surface area (Å²) in [5.41, 5.74) is 0. The first kappa shape index (κ1) is 12.5. The van der Waals surface area contributed by atoms with Gasteiger partial charge in [0.25, 0.3) is 0 Å². The summed E-state index contributed by atoms with van der Waals surface area (Å²) in [6.45, 7) is 6.61. The second-order valence-electron chi connectivity index (χ2n) is 4.80. The fourth-order valence-electron chi connectivity index (χ4n) is 2.00. The molecule has 2 N–H and O–H groups in total. The van der Waals surface area contributed by atoms with Gasteiger partial charge >= 0.3 is 0 Å². The minimum Gasteiger partial charge on any atom is -0.355 e. The molecule has 0 aromatic heterocycles. The second-order valence-corrected chi connectivity index (χ2v) is 4.80. The zero-order valence-corrected chi connectivity index (χ0v) is 10.0. The van der Waals surface area contributed by atoms with Crippen molar-refractivity contribution < 1.29 is 4.79 Å². The summed E-state index contributed by atoms with van der Waals surface area (Å²) in [7, 11) is 0. The van der Waals surface area contributed by atoms with Gasteiger partial charge in [-0.05, 0) is 25.3 Å². The zero-order valence-electron chi connectivity index (χ0n) is 10.0. The van der Waals surface area contributed by atoms with Crippen LogP contribution in [-0.4, -0.2) is 25.5 Å². The van der Waals surface area contributed by atoms with Crippen molar-refractivity contribution in [3.8, 4) is 0 Å². The molecule has 0 aromatic rings. The van der Waals surface area contributed by atoms with E-state index in [-0.39, 0.29) is 11.8 Å². The Labute approximate surface area is 93.0 Å².